The molecule has 16 heavy (non-hydrogen) atoms. The van der Waals surface area contributed by atoms with Crippen LogP contribution in [0.15, 0.2) is 24.3 Å². The number of carboxylic acid groups (broad SMARTS) is 2. The number of benzene rings is 1. The molecule has 0 aromatic heterocycles. The Bertz CT molecular complexity index is 342. The van der Waals surface area contributed by atoms with Gasteiger partial charge in [-0.25, -0.2) is 4.79 Å². The van der Waals surface area contributed by atoms with E-state index < -0.39 is 11.9 Å². The lowest BCUT2D eigenvalue weighted by Gasteiger charge is -1.99. The van der Waals surface area contributed by atoms with Gasteiger partial charge >= 0.3 is 5.97 Å². The number of hydrogen-bond donors (Lipinski definition) is 3. The van der Waals surface area contributed by atoms with Crippen molar-refractivity contribution in [3.63, 3.8) is 0 Å². The van der Waals surface area contributed by atoms with E-state index in [1.165, 1.54) is 0 Å². The number of aliphatic carboxylic acids is 1. The van der Waals surface area contributed by atoms with Gasteiger partial charge in [0, 0.05) is 13.5 Å². The van der Waals surface area contributed by atoms with Gasteiger partial charge in [-0.05, 0) is 24.7 Å². The van der Waals surface area contributed by atoms with E-state index in [2.05, 4.69) is 5.32 Å². The van der Waals surface area contributed by atoms with Crippen LogP contribution in [0, 0.1) is 0 Å². The molecule has 0 bridgehead atoms. The van der Waals surface area contributed by atoms with E-state index in [1.54, 1.807) is 24.3 Å². The minimum absolute atomic E-state index is 0.329. The van der Waals surface area contributed by atoms with Crippen molar-refractivity contribution < 1.29 is 19.8 Å². The Hall–Kier alpha value is -1.88. The van der Waals surface area contributed by atoms with Crippen molar-refractivity contribution in [2.75, 3.05) is 7.05 Å². The second kappa shape index (κ2) is 7.42. The number of nitrogens with one attached hydrogen (secondary N) is 1. The summed E-state index contributed by atoms with van der Waals surface area (Å²) >= 11 is 0. The molecule has 0 fully saturated rings. The van der Waals surface area contributed by atoms with E-state index in [0.29, 0.717) is 5.56 Å². The smallest absolute Gasteiger partial charge is 0.335 e. The van der Waals surface area contributed by atoms with E-state index in [4.69, 9.17) is 15.0 Å². The standard InChI is InChI=1S/C9H11NO2.C2H4O2/c1-10-6-7-2-4-8(5-3-7)9(11)12;1-2(3)4/h2-5,10H,6H2,1H3,(H,11,12);1H3,(H,3,4). The quantitative estimate of drug-likeness (QED) is 0.719. The minimum Gasteiger partial charge on any atom is -0.481 e. The fourth-order valence-electron chi connectivity index (χ4n) is 0.969. The zero-order valence-electron chi connectivity index (χ0n) is 9.23. The summed E-state index contributed by atoms with van der Waals surface area (Å²) in [7, 11) is 1.85. The first-order valence-electron chi connectivity index (χ1n) is 4.63. The second-order valence-electron chi connectivity index (χ2n) is 3.05. The van der Waals surface area contributed by atoms with Gasteiger partial charge in [-0.3, -0.25) is 4.79 Å². The van der Waals surface area contributed by atoms with E-state index in [9.17, 15) is 4.79 Å². The van der Waals surface area contributed by atoms with Crippen LogP contribution in [0.5, 0.6) is 0 Å². The summed E-state index contributed by atoms with van der Waals surface area (Å²) in [5, 5.41) is 19.0. The summed E-state index contributed by atoms with van der Waals surface area (Å²) in [5.41, 5.74) is 1.41. The van der Waals surface area contributed by atoms with Crippen molar-refractivity contribution in [3.8, 4) is 0 Å². The van der Waals surface area contributed by atoms with Crippen molar-refractivity contribution in [1.29, 1.82) is 0 Å². The zero-order chi connectivity index (χ0) is 12.6. The maximum Gasteiger partial charge on any atom is 0.335 e. The third-order valence-corrected chi connectivity index (χ3v) is 1.58. The lowest BCUT2D eigenvalue weighted by atomic mass is 10.1. The summed E-state index contributed by atoms with van der Waals surface area (Å²) in [5.74, 6) is -1.72. The van der Waals surface area contributed by atoms with Crippen LogP contribution in [0.25, 0.3) is 0 Å². The molecule has 0 aliphatic heterocycles. The first-order chi connectivity index (χ1) is 7.47. The van der Waals surface area contributed by atoms with Crippen molar-refractivity contribution in [3.05, 3.63) is 35.4 Å². The number of aromatic carboxylic acids is 1. The molecule has 0 amide bonds. The fraction of sp³-hybridized carbons (Fsp3) is 0.273. The van der Waals surface area contributed by atoms with Crippen LogP contribution in [0.4, 0.5) is 0 Å². The summed E-state index contributed by atoms with van der Waals surface area (Å²) in [6.45, 7) is 1.85. The van der Waals surface area contributed by atoms with Crippen LogP contribution in [-0.4, -0.2) is 29.2 Å². The lowest BCUT2D eigenvalue weighted by molar-refractivity contribution is -0.134. The fourth-order valence-corrected chi connectivity index (χ4v) is 0.969. The molecule has 0 radical (unpaired) electrons. The monoisotopic (exact) mass is 225 g/mol. The Morgan fingerprint density at radius 1 is 1.19 bits per heavy atom. The van der Waals surface area contributed by atoms with Gasteiger partial charge in [0.25, 0.3) is 5.97 Å². The van der Waals surface area contributed by atoms with Gasteiger partial charge in [-0.1, -0.05) is 12.1 Å². The molecule has 1 rings (SSSR count). The molecule has 88 valence electrons. The van der Waals surface area contributed by atoms with Crippen LogP contribution in [-0.2, 0) is 11.3 Å². The topological polar surface area (TPSA) is 86.6 Å². The summed E-state index contributed by atoms with van der Waals surface area (Å²) in [6.07, 6.45) is 0. The SMILES string of the molecule is CC(=O)O.CNCc1ccc(C(=O)O)cc1. The average molecular weight is 225 g/mol. The summed E-state index contributed by atoms with van der Waals surface area (Å²) < 4.78 is 0. The third kappa shape index (κ3) is 6.56. The number of carboxylic acids is 2. The van der Waals surface area contributed by atoms with Crippen LogP contribution in [0.1, 0.15) is 22.8 Å². The first kappa shape index (κ1) is 14.1. The highest BCUT2D eigenvalue weighted by Crippen LogP contribution is 2.03. The normalized spacial score (nSPS) is 8.88. The van der Waals surface area contributed by atoms with Gasteiger partial charge in [-0.15, -0.1) is 0 Å². The van der Waals surface area contributed by atoms with E-state index in [1.807, 2.05) is 7.05 Å². The van der Waals surface area contributed by atoms with Gasteiger partial charge in [0.1, 0.15) is 0 Å². The van der Waals surface area contributed by atoms with Crippen LogP contribution < -0.4 is 5.32 Å². The molecule has 0 atom stereocenters. The van der Waals surface area contributed by atoms with Crippen LogP contribution >= 0.6 is 0 Å². The molecule has 1 aromatic rings. The molecular formula is C11H15NO4. The summed E-state index contributed by atoms with van der Waals surface area (Å²) in [4.78, 5) is 19.5. The Kier molecular flexibility index (Phi) is 6.55. The van der Waals surface area contributed by atoms with Gasteiger partial charge in [0.15, 0.2) is 0 Å². The Labute approximate surface area is 93.7 Å². The molecule has 0 unspecified atom stereocenters. The Morgan fingerprint density at radius 3 is 1.94 bits per heavy atom. The molecule has 0 saturated heterocycles. The van der Waals surface area contributed by atoms with E-state index >= 15 is 0 Å². The molecule has 5 nitrogen and oxygen atoms in total. The predicted octanol–water partition coefficient (Wildman–Crippen LogP) is 1.20. The van der Waals surface area contributed by atoms with Crippen LogP contribution in [0.2, 0.25) is 0 Å². The molecular weight excluding hydrogens is 210 g/mol. The highest BCUT2D eigenvalue weighted by molar-refractivity contribution is 5.87. The number of rotatable bonds is 3. The minimum atomic E-state index is -0.883. The van der Waals surface area contributed by atoms with Crippen molar-refractivity contribution in [1.82, 2.24) is 5.32 Å². The maximum absolute atomic E-state index is 10.5. The van der Waals surface area contributed by atoms with Crippen molar-refractivity contribution in [2.24, 2.45) is 0 Å². The molecule has 3 N–H and O–H groups in total. The van der Waals surface area contributed by atoms with Crippen molar-refractivity contribution in [2.45, 2.75) is 13.5 Å². The summed E-state index contributed by atoms with van der Waals surface area (Å²) in [6, 6.07) is 6.82. The lowest BCUT2D eigenvalue weighted by Crippen LogP contribution is -2.05. The molecule has 1 aromatic carbocycles. The maximum atomic E-state index is 10.5. The highest BCUT2D eigenvalue weighted by atomic mass is 16.4. The van der Waals surface area contributed by atoms with E-state index in [-0.39, 0.29) is 0 Å². The second-order valence-corrected chi connectivity index (χ2v) is 3.05. The van der Waals surface area contributed by atoms with E-state index in [0.717, 1.165) is 19.0 Å². The number of carbonyl (C=O) groups is 2. The van der Waals surface area contributed by atoms with Crippen LogP contribution in [0.3, 0.4) is 0 Å². The van der Waals surface area contributed by atoms with Gasteiger partial charge in [-0.2, -0.15) is 0 Å². The largest absolute Gasteiger partial charge is 0.481 e. The van der Waals surface area contributed by atoms with Crippen molar-refractivity contribution >= 4 is 11.9 Å². The zero-order valence-corrected chi connectivity index (χ0v) is 9.23. The molecule has 0 aliphatic rings. The Morgan fingerprint density at radius 2 is 1.62 bits per heavy atom. The third-order valence-electron chi connectivity index (χ3n) is 1.58. The molecule has 0 heterocycles. The average Bonchev–Trinajstić information content (AvgIpc) is 2.18. The molecule has 0 saturated carbocycles. The highest BCUT2D eigenvalue weighted by Gasteiger charge is 2.00. The number of hydrogen-bond acceptors (Lipinski definition) is 3. The van der Waals surface area contributed by atoms with Gasteiger partial charge < -0.3 is 15.5 Å². The van der Waals surface area contributed by atoms with Gasteiger partial charge in [0.05, 0.1) is 5.56 Å². The van der Waals surface area contributed by atoms with Gasteiger partial charge in [0.2, 0.25) is 0 Å². The molecule has 0 spiro atoms. The molecule has 5 heteroatoms. The predicted molar refractivity (Wildman–Crippen MR) is 59.5 cm³/mol. The molecule has 0 aliphatic carbocycles. The Balaban J connectivity index is 0.000000487. The first-order valence-corrected chi connectivity index (χ1v) is 4.63.